The average Bonchev–Trinajstić information content (AvgIpc) is 3.11. The van der Waals surface area contributed by atoms with Gasteiger partial charge in [0.25, 0.3) is 5.91 Å². The fraction of sp³-hybridized carbons (Fsp3) is 0.318. The lowest BCUT2D eigenvalue weighted by atomic mass is 10.1. The molecule has 1 saturated heterocycles. The molecular formula is C22H24N2O4S. The summed E-state index contributed by atoms with van der Waals surface area (Å²) < 4.78 is 5.18. The predicted octanol–water partition coefficient (Wildman–Crippen LogP) is 3.56. The van der Waals surface area contributed by atoms with Crippen molar-refractivity contribution < 1.29 is 19.1 Å². The first-order chi connectivity index (χ1) is 13.9. The molecular weight excluding hydrogens is 388 g/mol. The van der Waals surface area contributed by atoms with Crippen LogP contribution in [0.4, 0.5) is 11.4 Å². The topological polar surface area (TPSA) is 75.7 Å². The van der Waals surface area contributed by atoms with Crippen LogP contribution in [0.25, 0.3) is 0 Å². The van der Waals surface area contributed by atoms with Gasteiger partial charge in [-0.2, -0.15) is 0 Å². The van der Waals surface area contributed by atoms with Crippen molar-refractivity contribution in [3.8, 4) is 0 Å². The third-order valence-corrected chi connectivity index (χ3v) is 5.64. The van der Waals surface area contributed by atoms with Gasteiger partial charge in [-0.1, -0.05) is 24.3 Å². The van der Waals surface area contributed by atoms with Gasteiger partial charge in [0.2, 0.25) is 5.91 Å². The molecule has 0 radical (unpaired) electrons. The molecule has 2 amide bonds. The second-order valence-electron chi connectivity index (χ2n) is 7.03. The molecule has 1 aliphatic rings. The molecule has 1 N–H and O–H groups in total. The van der Waals surface area contributed by atoms with Crippen LogP contribution in [-0.2, 0) is 19.1 Å². The van der Waals surface area contributed by atoms with Gasteiger partial charge in [-0.15, -0.1) is 11.8 Å². The number of rotatable bonds is 6. The van der Waals surface area contributed by atoms with Crippen LogP contribution < -0.4 is 10.2 Å². The van der Waals surface area contributed by atoms with Crippen molar-refractivity contribution >= 4 is 40.9 Å². The highest BCUT2D eigenvalue weighted by Gasteiger charge is 2.36. The molecule has 0 aliphatic carbocycles. The summed E-state index contributed by atoms with van der Waals surface area (Å²) in [6, 6.07) is 13.3. The van der Waals surface area contributed by atoms with E-state index < -0.39 is 17.8 Å². The largest absolute Gasteiger partial charge is 0.455 e. The SMILES string of the molecule is CSc1cccc(N2C[C@H](C(=O)OCC(=O)Nc3c(C)cccc3C)CC2=O)c1. The van der Waals surface area contributed by atoms with Gasteiger partial charge in [-0.05, 0) is 49.4 Å². The van der Waals surface area contributed by atoms with Crippen molar-refractivity contribution in [3.05, 3.63) is 53.6 Å². The van der Waals surface area contributed by atoms with Crippen molar-refractivity contribution in [3.63, 3.8) is 0 Å². The maximum Gasteiger partial charge on any atom is 0.311 e. The first kappa shape index (κ1) is 20.9. The summed E-state index contributed by atoms with van der Waals surface area (Å²) in [5.41, 5.74) is 3.37. The molecule has 2 aromatic carbocycles. The quantitative estimate of drug-likeness (QED) is 0.580. The van der Waals surface area contributed by atoms with Gasteiger partial charge in [0, 0.05) is 29.2 Å². The summed E-state index contributed by atoms with van der Waals surface area (Å²) in [5.74, 6) is -1.62. The monoisotopic (exact) mass is 412 g/mol. The zero-order valence-electron chi connectivity index (χ0n) is 16.7. The Bertz CT molecular complexity index is 924. The molecule has 0 saturated carbocycles. The Morgan fingerprint density at radius 3 is 2.55 bits per heavy atom. The number of thioether (sulfide) groups is 1. The van der Waals surface area contributed by atoms with E-state index in [4.69, 9.17) is 4.74 Å². The number of carbonyl (C=O) groups excluding carboxylic acids is 3. The number of hydrogen-bond acceptors (Lipinski definition) is 5. The van der Waals surface area contributed by atoms with Crippen LogP contribution in [0.15, 0.2) is 47.4 Å². The van der Waals surface area contributed by atoms with Crippen LogP contribution in [0.1, 0.15) is 17.5 Å². The predicted molar refractivity (Wildman–Crippen MR) is 114 cm³/mol. The van der Waals surface area contributed by atoms with E-state index in [1.54, 1.807) is 16.7 Å². The minimum absolute atomic E-state index is 0.0842. The van der Waals surface area contributed by atoms with Gasteiger partial charge in [-0.3, -0.25) is 14.4 Å². The third-order valence-electron chi connectivity index (χ3n) is 4.91. The fourth-order valence-electron chi connectivity index (χ4n) is 3.34. The van der Waals surface area contributed by atoms with Gasteiger partial charge in [0.15, 0.2) is 6.61 Å². The molecule has 0 unspecified atom stereocenters. The molecule has 152 valence electrons. The number of ether oxygens (including phenoxy) is 1. The highest BCUT2D eigenvalue weighted by atomic mass is 32.2. The molecule has 29 heavy (non-hydrogen) atoms. The van der Waals surface area contributed by atoms with Gasteiger partial charge in [-0.25, -0.2) is 0 Å². The lowest BCUT2D eigenvalue weighted by molar-refractivity contribution is -0.151. The molecule has 1 heterocycles. The van der Waals surface area contributed by atoms with E-state index in [0.717, 1.165) is 27.4 Å². The molecule has 2 aromatic rings. The van der Waals surface area contributed by atoms with E-state index >= 15 is 0 Å². The van der Waals surface area contributed by atoms with Gasteiger partial charge < -0.3 is 15.0 Å². The Kier molecular flexibility index (Phi) is 6.59. The molecule has 6 nitrogen and oxygen atoms in total. The molecule has 3 rings (SSSR count). The number of hydrogen-bond donors (Lipinski definition) is 1. The number of benzene rings is 2. The van der Waals surface area contributed by atoms with E-state index in [1.165, 1.54) is 0 Å². The Balaban J connectivity index is 1.56. The number of anilines is 2. The number of esters is 1. The number of para-hydroxylation sites is 1. The fourth-order valence-corrected chi connectivity index (χ4v) is 3.79. The lowest BCUT2D eigenvalue weighted by Crippen LogP contribution is -2.28. The van der Waals surface area contributed by atoms with Crippen molar-refractivity contribution in [2.75, 3.05) is 29.6 Å². The van der Waals surface area contributed by atoms with E-state index in [2.05, 4.69) is 5.32 Å². The van der Waals surface area contributed by atoms with Crippen molar-refractivity contribution in [1.29, 1.82) is 0 Å². The minimum atomic E-state index is -0.576. The molecule has 1 aliphatic heterocycles. The van der Waals surface area contributed by atoms with E-state index in [0.29, 0.717) is 0 Å². The van der Waals surface area contributed by atoms with Gasteiger partial charge >= 0.3 is 5.97 Å². The standard InChI is InChI=1S/C22H24N2O4S/c1-14-6-4-7-15(2)21(14)23-19(25)13-28-22(27)16-10-20(26)24(12-16)17-8-5-9-18(11-17)29-3/h4-9,11,16H,10,12-13H2,1-3H3,(H,23,25)/t16-/m1/s1. The molecule has 1 fully saturated rings. The van der Waals surface area contributed by atoms with Gasteiger partial charge in [0.05, 0.1) is 5.92 Å². The first-order valence-corrected chi connectivity index (χ1v) is 10.6. The summed E-state index contributed by atoms with van der Waals surface area (Å²) in [4.78, 5) is 39.6. The summed E-state index contributed by atoms with van der Waals surface area (Å²) >= 11 is 1.59. The molecule has 0 aromatic heterocycles. The van der Waals surface area contributed by atoms with Crippen LogP contribution in [0.3, 0.4) is 0 Å². The highest BCUT2D eigenvalue weighted by Crippen LogP contribution is 2.28. The normalized spacial score (nSPS) is 16.0. The average molecular weight is 413 g/mol. The van der Waals surface area contributed by atoms with Crippen molar-refractivity contribution in [1.82, 2.24) is 0 Å². The Hall–Kier alpha value is -2.80. The molecule has 0 spiro atoms. The second-order valence-corrected chi connectivity index (χ2v) is 7.91. The van der Waals surface area contributed by atoms with Crippen LogP contribution in [0.5, 0.6) is 0 Å². The Morgan fingerprint density at radius 1 is 1.17 bits per heavy atom. The summed E-state index contributed by atoms with van der Waals surface area (Å²) in [6.07, 6.45) is 2.05. The number of amides is 2. The van der Waals surface area contributed by atoms with Crippen molar-refractivity contribution in [2.45, 2.75) is 25.2 Å². The van der Waals surface area contributed by atoms with Crippen LogP contribution in [-0.4, -0.2) is 37.2 Å². The maximum atomic E-state index is 12.4. The number of nitrogens with one attached hydrogen (secondary N) is 1. The van der Waals surface area contributed by atoms with Crippen LogP contribution in [0.2, 0.25) is 0 Å². The zero-order valence-corrected chi connectivity index (χ0v) is 17.5. The molecule has 1 atom stereocenters. The molecule has 7 heteroatoms. The lowest BCUT2D eigenvalue weighted by Gasteiger charge is -2.17. The zero-order chi connectivity index (χ0) is 21.0. The van der Waals surface area contributed by atoms with Crippen molar-refractivity contribution in [2.24, 2.45) is 5.92 Å². The summed E-state index contributed by atoms with van der Waals surface area (Å²) in [5, 5.41) is 2.78. The second kappa shape index (κ2) is 9.13. The smallest absolute Gasteiger partial charge is 0.311 e. The number of nitrogens with zero attached hydrogens (tertiary/aromatic N) is 1. The maximum absolute atomic E-state index is 12.4. The van der Waals surface area contributed by atoms with Crippen LogP contribution in [0, 0.1) is 19.8 Å². The Morgan fingerprint density at radius 2 is 1.86 bits per heavy atom. The van der Waals surface area contributed by atoms with E-state index in [9.17, 15) is 14.4 Å². The summed E-state index contributed by atoms with van der Waals surface area (Å²) in [6.45, 7) is 3.69. The first-order valence-electron chi connectivity index (χ1n) is 9.36. The van der Waals surface area contributed by atoms with E-state index in [-0.39, 0.29) is 25.5 Å². The van der Waals surface area contributed by atoms with Crippen LogP contribution >= 0.6 is 11.8 Å². The number of carbonyl (C=O) groups is 3. The minimum Gasteiger partial charge on any atom is -0.455 e. The third kappa shape index (κ3) is 4.98. The summed E-state index contributed by atoms with van der Waals surface area (Å²) in [7, 11) is 0. The van der Waals surface area contributed by atoms with Gasteiger partial charge in [0.1, 0.15) is 0 Å². The van der Waals surface area contributed by atoms with E-state index in [1.807, 2.05) is 62.6 Å². The highest BCUT2D eigenvalue weighted by molar-refractivity contribution is 7.98. The number of aryl methyl sites for hydroxylation is 2. The molecule has 0 bridgehead atoms. The Labute approximate surface area is 174 Å².